The fourth-order valence-electron chi connectivity index (χ4n) is 2.07. The minimum atomic E-state index is -0.515. The third kappa shape index (κ3) is 7.52. The number of rotatable bonds is 6. The Balaban J connectivity index is 1.67. The summed E-state index contributed by atoms with van der Waals surface area (Å²) in [6.45, 7) is -0.308. The van der Waals surface area contributed by atoms with Crippen LogP contribution in [0.5, 0.6) is 5.75 Å². The quantitative estimate of drug-likeness (QED) is 0.453. The molecule has 0 aliphatic heterocycles. The van der Waals surface area contributed by atoms with Gasteiger partial charge in [-0.2, -0.15) is 0 Å². The van der Waals surface area contributed by atoms with Crippen molar-refractivity contribution in [1.82, 2.24) is 16.2 Å². The highest BCUT2D eigenvalue weighted by Crippen LogP contribution is 2.27. The normalized spacial score (nSPS) is 10.1. The fourth-order valence-corrected chi connectivity index (χ4v) is 2.93. The Morgan fingerprint density at radius 2 is 1.71 bits per heavy atom. The van der Waals surface area contributed by atoms with Gasteiger partial charge in [-0.25, -0.2) is 0 Å². The van der Waals surface area contributed by atoms with Gasteiger partial charge in [-0.15, -0.1) is 0 Å². The van der Waals surface area contributed by atoms with Gasteiger partial charge in [-0.05, 0) is 48.5 Å². The van der Waals surface area contributed by atoms with Crippen LogP contribution in [-0.4, -0.2) is 23.5 Å². The van der Waals surface area contributed by atoms with E-state index in [0.29, 0.717) is 22.2 Å². The molecule has 148 valence electrons. The fraction of sp³-hybridized carbons (Fsp3) is 0.167. The second-order valence-corrected chi connectivity index (χ2v) is 7.16. The molecule has 0 aliphatic carbocycles. The van der Waals surface area contributed by atoms with Gasteiger partial charge in [0.1, 0.15) is 5.75 Å². The van der Waals surface area contributed by atoms with Crippen molar-refractivity contribution in [3.8, 4) is 5.75 Å². The third-order valence-electron chi connectivity index (χ3n) is 3.40. The van der Waals surface area contributed by atoms with Crippen molar-refractivity contribution in [3.05, 3.63) is 63.1 Å². The van der Waals surface area contributed by atoms with E-state index in [4.69, 9.17) is 51.8 Å². The number of halogens is 3. The van der Waals surface area contributed by atoms with Gasteiger partial charge in [0.15, 0.2) is 11.7 Å². The van der Waals surface area contributed by atoms with E-state index in [1.165, 1.54) is 6.07 Å². The van der Waals surface area contributed by atoms with Crippen LogP contribution >= 0.6 is 47.0 Å². The number of thiocarbonyl (C=S) groups is 1. The molecule has 0 saturated heterocycles. The zero-order valence-corrected chi connectivity index (χ0v) is 17.5. The molecule has 0 unspecified atom stereocenters. The lowest BCUT2D eigenvalue weighted by Gasteiger charge is -2.12. The molecule has 28 heavy (non-hydrogen) atoms. The van der Waals surface area contributed by atoms with Crippen molar-refractivity contribution in [2.75, 3.05) is 6.61 Å². The first-order valence-electron chi connectivity index (χ1n) is 8.05. The maximum Gasteiger partial charge on any atom is 0.276 e. The number of carbonyl (C=O) groups excluding carboxylic acids is 2. The highest BCUT2D eigenvalue weighted by atomic mass is 35.5. The second-order valence-electron chi connectivity index (χ2n) is 5.51. The van der Waals surface area contributed by atoms with Crippen molar-refractivity contribution < 1.29 is 14.3 Å². The maximum atomic E-state index is 11.9. The highest BCUT2D eigenvalue weighted by Gasteiger charge is 2.09. The Kier molecular flexibility index (Phi) is 8.79. The van der Waals surface area contributed by atoms with Crippen molar-refractivity contribution >= 4 is 63.9 Å². The first kappa shape index (κ1) is 22.2. The molecular weight excluding hydrogens is 445 g/mol. The van der Waals surface area contributed by atoms with E-state index in [-0.39, 0.29) is 29.1 Å². The summed E-state index contributed by atoms with van der Waals surface area (Å²) in [5.41, 5.74) is 5.60. The average Bonchev–Trinajstić information content (AvgIpc) is 2.65. The highest BCUT2D eigenvalue weighted by molar-refractivity contribution is 7.80. The van der Waals surface area contributed by atoms with Crippen LogP contribution in [0, 0.1) is 0 Å². The van der Waals surface area contributed by atoms with Crippen molar-refractivity contribution in [3.63, 3.8) is 0 Å². The van der Waals surface area contributed by atoms with Crippen LogP contribution < -0.4 is 20.9 Å². The summed E-state index contributed by atoms with van der Waals surface area (Å²) in [5.74, 6) is -0.508. The van der Waals surface area contributed by atoms with E-state index in [2.05, 4.69) is 16.2 Å². The predicted octanol–water partition coefficient (Wildman–Crippen LogP) is 3.68. The van der Waals surface area contributed by atoms with Gasteiger partial charge in [0.25, 0.3) is 5.91 Å². The molecule has 0 heterocycles. The smallest absolute Gasteiger partial charge is 0.276 e. The minimum Gasteiger partial charge on any atom is -0.482 e. The van der Waals surface area contributed by atoms with E-state index >= 15 is 0 Å². The molecule has 0 aromatic heterocycles. The number of nitrogens with one attached hydrogen (secondary N) is 3. The van der Waals surface area contributed by atoms with Gasteiger partial charge in [-0.3, -0.25) is 20.4 Å². The topological polar surface area (TPSA) is 79.5 Å². The third-order valence-corrected chi connectivity index (χ3v) is 4.50. The molecule has 2 rings (SSSR count). The number of aryl methyl sites for hydroxylation is 1. The lowest BCUT2D eigenvalue weighted by atomic mass is 10.1. The van der Waals surface area contributed by atoms with E-state index in [1.807, 2.05) is 18.2 Å². The van der Waals surface area contributed by atoms with Gasteiger partial charge in [-0.1, -0.05) is 53.0 Å². The minimum absolute atomic E-state index is 0.0398. The monoisotopic (exact) mass is 459 g/mol. The van der Waals surface area contributed by atoms with E-state index in [0.717, 1.165) is 5.56 Å². The van der Waals surface area contributed by atoms with Crippen LogP contribution in [0.2, 0.25) is 15.1 Å². The van der Waals surface area contributed by atoms with Crippen molar-refractivity contribution in [2.24, 2.45) is 0 Å². The molecule has 0 saturated carbocycles. The Bertz CT molecular complexity index is 880. The van der Waals surface area contributed by atoms with Crippen LogP contribution in [0.1, 0.15) is 12.0 Å². The Labute approximate surface area is 182 Å². The first-order valence-corrected chi connectivity index (χ1v) is 9.59. The maximum absolute atomic E-state index is 11.9. The summed E-state index contributed by atoms with van der Waals surface area (Å²) < 4.78 is 5.28. The average molecular weight is 461 g/mol. The Morgan fingerprint density at radius 3 is 2.43 bits per heavy atom. The van der Waals surface area contributed by atoms with Crippen LogP contribution in [0.4, 0.5) is 0 Å². The molecule has 2 aromatic carbocycles. The zero-order chi connectivity index (χ0) is 20.5. The van der Waals surface area contributed by atoms with E-state index in [9.17, 15) is 9.59 Å². The Morgan fingerprint density at radius 1 is 0.964 bits per heavy atom. The van der Waals surface area contributed by atoms with Gasteiger partial charge < -0.3 is 10.1 Å². The molecule has 0 fully saturated rings. The molecule has 2 aromatic rings. The molecule has 0 bridgehead atoms. The van der Waals surface area contributed by atoms with E-state index < -0.39 is 5.91 Å². The molecule has 10 heteroatoms. The molecular formula is C18H16Cl3N3O3S. The number of hydrogen-bond donors (Lipinski definition) is 3. The Hall–Kier alpha value is -2.06. The van der Waals surface area contributed by atoms with Gasteiger partial charge >= 0.3 is 0 Å². The summed E-state index contributed by atoms with van der Waals surface area (Å²) >= 11 is 22.7. The van der Waals surface area contributed by atoms with Gasteiger partial charge in [0.2, 0.25) is 5.91 Å². The lowest BCUT2D eigenvalue weighted by Crippen LogP contribution is -2.49. The zero-order valence-electron chi connectivity index (χ0n) is 14.4. The molecule has 6 nitrogen and oxygen atoms in total. The number of benzene rings is 2. The number of carbonyl (C=O) groups is 2. The van der Waals surface area contributed by atoms with Crippen LogP contribution in [-0.2, 0) is 16.0 Å². The van der Waals surface area contributed by atoms with Crippen LogP contribution in [0.3, 0.4) is 0 Å². The number of hydrazine groups is 1. The lowest BCUT2D eigenvalue weighted by molar-refractivity contribution is -0.124. The standard InChI is InChI=1S/C18H16Cl3N3O3S/c19-12-6-7-15(14(21)9-12)27-10-17(26)23-24-18(28)22-16(25)8-5-11-3-1-2-4-13(11)20/h1-4,6-7,9H,5,8,10H2,(H,23,26)(H2,22,24,25,28). The van der Waals surface area contributed by atoms with E-state index in [1.54, 1.807) is 18.2 Å². The summed E-state index contributed by atoms with van der Waals surface area (Å²) in [6, 6.07) is 11.9. The summed E-state index contributed by atoms with van der Waals surface area (Å²) in [7, 11) is 0. The van der Waals surface area contributed by atoms with Gasteiger partial charge in [0.05, 0.1) is 5.02 Å². The second kappa shape index (κ2) is 11.1. The van der Waals surface area contributed by atoms with Gasteiger partial charge in [0, 0.05) is 16.5 Å². The summed E-state index contributed by atoms with van der Waals surface area (Å²) in [4.78, 5) is 23.7. The molecule has 0 radical (unpaired) electrons. The SMILES string of the molecule is O=C(COc1ccc(Cl)cc1Cl)NNC(=S)NC(=O)CCc1ccccc1Cl. The van der Waals surface area contributed by atoms with Crippen molar-refractivity contribution in [1.29, 1.82) is 0 Å². The van der Waals surface area contributed by atoms with Crippen LogP contribution in [0.15, 0.2) is 42.5 Å². The number of ether oxygens (including phenoxy) is 1. The first-order chi connectivity index (χ1) is 13.3. The largest absolute Gasteiger partial charge is 0.482 e. The number of amides is 2. The number of hydrogen-bond acceptors (Lipinski definition) is 4. The molecule has 0 atom stereocenters. The summed E-state index contributed by atoms with van der Waals surface area (Å²) in [5, 5.41) is 3.77. The molecule has 0 aliphatic rings. The predicted molar refractivity (Wildman–Crippen MR) is 114 cm³/mol. The molecule has 0 spiro atoms. The van der Waals surface area contributed by atoms with Crippen LogP contribution in [0.25, 0.3) is 0 Å². The molecule has 2 amide bonds. The molecule has 3 N–H and O–H groups in total. The summed E-state index contributed by atoms with van der Waals surface area (Å²) in [6.07, 6.45) is 0.661. The van der Waals surface area contributed by atoms with Crippen molar-refractivity contribution in [2.45, 2.75) is 12.8 Å².